The van der Waals surface area contributed by atoms with Gasteiger partial charge in [-0.25, -0.2) is 19.6 Å². The quantitative estimate of drug-likeness (QED) is 0.453. The summed E-state index contributed by atoms with van der Waals surface area (Å²) in [5.41, 5.74) is 3.87. The summed E-state index contributed by atoms with van der Waals surface area (Å²) in [4.78, 5) is 12.8. The van der Waals surface area contributed by atoms with Gasteiger partial charge in [-0.2, -0.15) is 15.5 Å². The van der Waals surface area contributed by atoms with Gasteiger partial charge in [0.05, 0.1) is 23.5 Å². The maximum Gasteiger partial charge on any atom is 0.227 e. The van der Waals surface area contributed by atoms with Crippen molar-refractivity contribution in [1.29, 1.82) is 5.26 Å². The Morgan fingerprint density at radius 3 is 2.66 bits per heavy atom. The van der Waals surface area contributed by atoms with Gasteiger partial charge in [-0.15, -0.1) is 0 Å². The fourth-order valence-electron chi connectivity index (χ4n) is 3.24. The molecule has 1 aromatic carbocycles. The molecule has 0 fully saturated rings. The van der Waals surface area contributed by atoms with E-state index in [0.29, 0.717) is 23.8 Å². The van der Waals surface area contributed by atoms with Gasteiger partial charge in [-0.05, 0) is 31.0 Å². The number of nitrogens with one attached hydrogen (secondary N) is 1. The summed E-state index contributed by atoms with van der Waals surface area (Å²) < 4.78 is 9.61. The maximum absolute atomic E-state index is 9.53. The molecule has 162 valence electrons. The number of nitrogens with zero attached hydrogens (tertiary/aromatic N) is 8. The Kier molecular flexibility index (Phi) is 6.07. The third-order valence-electron chi connectivity index (χ3n) is 4.95. The van der Waals surface area contributed by atoms with E-state index in [2.05, 4.69) is 36.5 Å². The Morgan fingerprint density at radius 2 is 2.03 bits per heavy atom. The van der Waals surface area contributed by atoms with E-state index in [0.717, 1.165) is 28.9 Å². The van der Waals surface area contributed by atoms with E-state index in [1.165, 1.54) is 6.33 Å². The minimum Gasteiger partial charge on any atom is -0.487 e. The number of hydrogen-bond acceptors (Lipinski definition) is 8. The van der Waals surface area contributed by atoms with Crippen molar-refractivity contribution in [3.05, 3.63) is 60.7 Å². The van der Waals surface area contributed by atoms with Crippen LogP contribution in [0.5, 0.6) is 5.75 Å². The predicted octanol–water partition coefficient (Wildman–Crippen LogP) is 3.25. The summed E-state index contributed by atoms with van der Waals surface area (Å²) in [6, 6.07) is 7.65. The first kappa shape index (κ1) is 21.0. The normalized spacial score (nSPS) is 11.7. The van der Waals surface area contributed by atoms with Crippen molar-refractivity contribution in [2.75, 3.05) is 5.32 Å². The minimum absolute atomic E-state index is 0.149. The topological polar surface area (TPSA) is 119 Å². The van der Waals surface area contributed by atoms with E-state index in [9.17, 15) is 5.26 Å². The molecule has 10 nitrogen and oxygen atoms in total. The van der Waals surface area contributed by atoms with Gasteiger partial charge in [0.15, 0.2) is 0 Å². The lowest BCUT2D eigenvalue weighted by molar-refractivity contribution is 0.170. The summed E-state index contributed by atoms with van der Waals surface area (Å²) in [6.45, 7) is 4.49. The molecule has 3 heterocycles. The Bertz CT molecular complexity index is 1220. The Balaban J connectivity index is 1.53. The Labute approximate surface area is 185 Å². The van der Waals surface area contributed by atoms with E-state index >= 15 is 0 Å². The molecule has 0 saturated carbocycles. The van der Waals surface area contributed by atoms with E-state index in [-0.39, 0.29) is 6.10 Å². The number of aryl methyl sites for hydroxylation is 2. The average Bonchev–Trinajstić information content (AvgIpc) is 3.42. The van der Waals surface area contributed by atoms with E-state index in [1.54, 1.807) is 34.2 Å². The van der Waals surface area contributed by atoms with Crippen LogP contribution in [0.3, 0.4) is 0 Å². The van der Waals surface area contributed by atoms with Gasteiger partial charge in [-0.1, -0.05) is 13.0 Å². The van der Waals surface area contributed by atoms with Gasteiger partial charge < -0.3 is 10.1 Å². The smallest absolute Gasteiger partial charge is 0.227 e. The molecule has 1 atom stereocenters. The second kappa shape index (κ2) is 9.26. The highest BCUT2D eigenvalue weighted by Gasteiger charge is 2.14. The van der Waals surface area contributed by atoms with Gasteiger partial charge in [0.1, 0.15) is 30.6 Å². The monoisotopic (exact) mass is 429 g/mol. The summed E-state index contributed by atoms with van der Waals surface area (Å²) in [5.74, 6) is 0.999. The lowest BCUT2D eigenvalue weighted by Gasteiger charge is -2.19. The van der Waals surface area contributed by atoms with Crippen LogP contribution in [0.15, 0.2) is 49.4 Å². The molecule has 32 heavy (non-hydrogen) atoms. The summed E-state index contributed by atoms with van der Waals surface area (Å²) in [5, 5.41) is 21.1. The van der Waals surface area contributed by atoms with Crippen molar-refractivity contribution in [2.24, 2.45) is 7.05 Å². The minimum atomic E-state index is -0.149. The third-order valence-corrected chi connectivity index (χ3v) is 4.95. The fraction of sp³-hybridized carbons (Fsp3) is 0.273. The van der Waals surface area contributed by atoms with Gasteiger partial charge in [0.2, 0.25) is 5.95 Å². The van der Waals surface area contributed by atoms with E-state index in [1.807, 2.05) is 39.2 Å². The molecule has 1 unspecified atom stereocenters. The van der Waals surface area contributed by atoms with Crippen LogP contribution in [-0.4, -0.2) is 40.6 Å². The third kappa shape index (κ3) is 4.73. The van der Waals surface area contributed by atoms with Crippen LogP contribution >= 0.6 is 0 Å². The molecule has 0 spiro atoms. The SMILES string of the molecule is CCC(Cn1cncn1)Oc1cc(-c2cnc(Nc3cn(C)nc3C)nc2)ccc1C#N. The second-order valence-electron chi connectivity index (χ2n) is 7.31. The van der Waals surface area contributed by atoms with Crippen LogP contribution in [-0.2, 0) is 13.6 Å². The molecule has 4 aromatic rings. The number of aromatic nitrogens is 7. The van der Waals surface area contributed by atoms with Crippen molar-refractivity contribution in [2.45, 2.75) is 32.9 Å². The number of benzene rings is 1. The van der Waals surface area contributed by atoms with Crippen LogP contribution in [0.4, 0.5) is 11.6 Å². The van der Waals surface area contributed by atoms with Crippen LogP contribution < -0.4 is 10.1 Å². The van der Waals surface area contributed by atoms with Crippen molar-refractivity contribution in [3.63, 3.8) is 0 Å². The number of rotatable bonds is 8. The average molecular weight is 429 g/mol. The number of hydrogen-bond donors (Lipinski definition) is 1. The zero-order valence-electron chi connectivity index (χ0n) is 18.1. The molecule has 0 radical (unpaired) electrons. The summed E-state index contributed by atoms with van der Waals surface area (Å²) >= 11 is 0. The predicted molar refractivity (Wildman–Crippen MR) is 118 cm³/mol. The molecule has 3 aromatic heterocycles. The van der Waals surface area contributed by atoms with Gasteiger partial charge in [0, 0.05) is 31.2 Å². The molecule has 0 aliphatic rings. The van der Waals surface area contributed by atoms with Crippen molar-refractivity contribution >= 4 is 11.6 Å². The highest BCUT2D eigenvalue weighted by Crippen LogP contribution is 2.28. The van der Waals surface area contributed by atoms with Gasteiger partial charge in [-0.3, -0.25) is 4.68 Å². The van der Waals surface area contributed by atoms with E-state index in [4.69, 9.17) is 4.74 Å². The van der Waals surface area contributed by atoms with E-state index < -0.39 is 0 Å². The van der Waals surface area contributed by atoms with Crippen LogP contribution in [0.2, 0.25) is 0 Å². The zero-order chi connectivity index (χ0) is 22.5. The first-order valence-corrected chi connectivity index (χ1v) is 10.2. The molecule has 0 saturated heterocycles. The van der Waals surface area contributed by atoms with Crippen molar-refractivity contribution in [1.82, 2.24) is 34.5 Å². The Hall–Kier alpha value is -4.26. The molecule has 4 rings (SSSR count). The van der Waals surface area contributed by atoms with Crippen LogP contribution in [0.25, 0.3) is 11.1 Å². The fourth-order valence-corrected chi connectivity index (χ4v) is 3.24. The molecule has 0 aliphatic heterocycles. The first-order chi connectivity index (χ1) is 15.6. The maximum atomic E-state index is 9.53. The van der Waals surface area contributed by atoms with Crippen molar-refractivity contribution in [3.8, 4) is 22.9 Å². The summed E-state index contributed by atoms with van der Waals surface area (Å²) in [6.07, 6.45) is 9.09. The molecule has 0 bridgehead atoms. The number of anilines is 2. The first-order valence-electron chi connectivity index (χ1n) is 10.2. The summed E-state index contributed by atoms with van der Waals surface area (Å²) in [7, 11) is 1.86. The molecule has 0 aliphatic carbocycles. The largest absolute Gasteiger partial charge is 0.487 e. The van der Waals surface area contributed by atoms with Crippen molar-refractivity contribution < 1.29 is 4.74 Å². The van der Waals surface area contributed by atoms with Crippen LogP contribution in [0, 0.1) is 18.3 Å². The number of ether oxygens (including phenoxy) is 1. The molecular formula is C22H23N9O. The second-order valence-corrected chi connectivity index (χ2v) is 7.31. The molecular weight excluding hydrogens is 406 g/mol. The lowest BCUT2D eigenvalue weighted by atomic mass is 10.1. The molecule has 0 amide bonds. The molecule has 1 N–H and O–H groups in total. The highest BCUT2D eigenvalue weighted by molar-refractivity contribution is 5.67. The van der Waals surface area contributed by atoms with Crippen LogP contribution in [0.1, 0.15) is 24.6 Å². The Morgan fingerprint density at radius 1 is 1.22 bits per heavy atom. The number of nitriles is 1. The highest BCUT2D eigenvalue weighted by atomic mass is 16.5. The van der Waals surface area contributed by atoms with Gasteiger partial charge in [0.25, 0.3) is 0 Å². The zero-order valence-corrected chi connectivity index (χ0v) is 18.1. The van der Waals surface area contributed by atoms with Gasteiger partial charge >= 0.3 is 0 Å². The standard InChI is InChI=1S/C22H23N9O/c1-4-19(11-31-14-24-13-27-31)32-21-7-16(5-6-17(21)8-23)18-9-25-22(26-10-18)28-20-12-30(3)29-15(20)2/h5-7,9-10,12-14,19H,4,11H2,1-3H3,(H,25,26,28). The molecule has 10 heteroatoms. The lowest BCUT2D eigenvalue weighted by Crippen LogP contribution is -2.23.